The molecule has 1 saturated heterocycles. The number of benzene rings is 4. The number of urea groups is 1. The highest BCUT2D eigenvalue weighted by Crippen LogP contribution is 2.37. The minimum absolute atomic E-state index is 0.185. The van der Waals surface area contributed by atoms with Crippen LogP contribution in [-0.2, 0) is 16.2 Å². The van der Waals surface area contributed by atoms with Crippen molar-refractivity contribution < 1.29 is 19.1 Å². The number of hydrogen-bond donors (Lipinski definition) is 1. The van der Waals surface area contributed by atoms with Crippen molar-refractivity contribution in [1.82, 2.24) is 5.32 Å². The van der Waals surface area contributed by atoms with Gasteiger partial charge in [0.1, 0.15) is 17.9 Å². The van der Waals surface area contributed by atoms with E-state index in [9.17, 15) is 14.4 Å². The van der Waals surface area contributed by atoms with Crippen LogP contribution in [0.25, 0.3) is 16.8 Å². The summed E-state index contributed by atoms with van der Waals surface area (Å²) in [6.45, 7) is 0.342. The highest BCUT2D eigenvalue weighted by molar-refractivity contribution is 9.11. The van der Waals surface area contributed by atoms with Gasteiger partial charge in [0.2, 0.25) is 0 Å². The van der Waals surface area contributed by atoms with Crippen LogP contribution in [0, 0.1) is 0 Å². The number of amides is 4. The summed E-state index contributed by atoms with van der Waals surface area (Å²) in [6.07, 6.45) is 1.41. The number of rotatable bonds is 5. The number of hydrogen-bond acceptors (Lipinski definition) is 4. The first-order valence-corrected chi connectivity index (χ1v) is 13.0. The second kappa shape index (κ2) is 10.5. The number of ether oxygens (including phenoxy) is 1. The summed E-state index contributed by atoms with van der Waals surface area (Å²) in [4.78, 5) is 39.0. The van der Waals surface area contributed by atoms with Crippen LogP contribution >= 0.6 is 43.5 Å². The van der Waals surface area contributed by atoms with E-state index in [0.29, 0.717) is 26.9 Å². The molecular weight excluding hydrogens is 624 g/mol. The largest absolute Gasteiger partial charge is 0.487 e. The zero-order chi connectivity index (χ0) is 26.1. The van der Waals surface area contributed by atoms with Crippen molar-refractivity contribution in [1.29, 1.82) is 0 Å². The minimum atomic E-state index is -0.861. The Bertz CT molecular complexity index is 1590. The highest BCUT2D eigenvalue weighted by atomic mass is 79.9. The van der Waals surface area contributed by atoms with E-state index in [2.05, 4.69) is 55.4 Å². The van der Waals surface area contributed by atoms with Crippen LogP contribution in [0.1, 0.15) is 11.1 Å². The standard InChI is InChI=1S/C28H17Br2ClN2O4/c29-21-13-16(12-20-26(34)32-28(36)33(27(20)35)24-11-4-3-10-23(24)31)14-22(30)25(21)37-15-18-8-5-7-17-6-1-2-9-19(17)18/h1-14H,15H2,(H,32,34,36)/b20-12+. The molecule has 4 aromatic carbocycles. The zero-order valence-corrected chi connectivity index (χ0v) is 22.9. The number of carbonyl (C=O) groups is 3. The Morgan fingerprint density at radius 1 is 0.892 bits per heavy atom. The van der Waals surface area contributed by atoms with Gasteiger partial charge in [0, 0.05) is 0 Å². The maximum atomic E-state index is 13.2. The molecule has 6 nitrogen and oxygen atoms in total. The maximum absolute atomic E-state index is 13.2. The molecule has 0 atom stereocenters. The normalized spacial score (nSPS) is 14.8. The third-order valence-corrected chi connectivity index (χ3v) is 7.28. The van der Waals surface area contributed by atoms with Gasteiger partial charge in [-0.1, -0.05) is 66.2 Å². The van der Waals surface area contributed by atoms with Gasteiger partial charge in [-0.25, -0.2) is 9.69 Å². The topological polar surface area (TPSA) is 75.7 Å². The van der Waals surface area contributed by atoms with Crippen molar-refractivity contribution in [2.75, 3.05) is 4.90 Å². The van der Waals surface area contributed by atoms with Gasteiger partial charge in [-0.05, 0) is 84.1 Å². The SMILES string of the molecule is O=C1NC(=O)N(c2ccccc2Cl)C(=O)/C1=C/c1cc(Br)c(OCc2cccc3ccccc23)c(Br)c1. The number of para-hydroxylation sites is 1. The molecule has 1 heterocycles. The molecular formula is C28H17Br2ClN2O4. The Morgan fingerprint density at radius 3 is 2.32 bits per heavy atom. The molecule has 4 aromatic rings. The van der Waals surface area contributed by atoms with Gasteiger partial charge >= 0.3 is 6.03 Å². The summed E-state index contributed by atoms with van der Waals surface area (Å²) in [5.74, 6) is -0.991. The lowest BCUT2D eigenvalue weighted by molar-refractivity contribution is -0.122. The van der Waals surface area contributed by atoms with E-state index in [0.717, 1.165) is 21.2 Å². The van der Waals surface area contributed by atoms with Gasteiger partial charge in [0.25, 0.3) is 11.8 Å². The fourth-order valence-electron chi connectivity index (χ4n) is 4.04. The van der Waals surface area contributed by atoms with Gasteiger partial charge in [-0.3, -0.25) is 14.9 Å². The van der Waals surface area contributed by atoms with Crippen molar-refractivity contribution in [3.05, 3.63) is 110 Å². The third kappa shape index (κ3) is 5.05. The molecule has 1 aliphatic heterocycles. The van der Waals surface area contributed by atoms with E-state index in [1.165, 1.54) is 12.1 Å². The summed E-state index contributed by atoms with van der Waals surface area (Å²) in [7, 11) is 0. The second-order valence-electron chi connectivity index (χ2n) is 8.15. The first-order chi connectivity index (χ1) is 17.8. The molecule has 1 N–H and O–H groups in total. The Labute approximate surface area is 234 Å². The molecule has 0 aromatic heterocycles. The number of nitrogens with zero attached hydrogens (tertiary/aromatic N) is 1. The summed E-state index contributed by atoms with van der Waals surface area (Å²) in [5.41, 5.74) is 1.56. The zero-order valence-electron chi connectivity index (χ0n) is 19.0. The average molecular weight is 641 g/mol. The van der Waals surface area contributed by atoms with E-state index < -0.39 is 17.8 Å². The fraction of sp³-hybridized carbons (Fsp3) is 0.0357. The quantitative estimate of drug-likeness (QED) is 0.184. The molecule has 9 heteroatoms. The summed E-state index contributed by atoms with van der Waals surface area (Å²) in [5, 5.41) is 4.65. The number of barbiturate groups is 1. The van der Waals surface area contributed by atoms with E-state index in [-0.39, 0.29) is 16.3 Å². The number of imide groups is 2. The maximum Gasteiger partial charge on any atom is 0.335 e. The average Bonchev–Trinajstić information content (AvgIpc) is 2.87. The van der Waals surface area contributed by atoms with E-state index in [1.54, 1.807) is 30.3 Å². The predicted molar refractivity (Wildman–Crippen MR) is 151 cm³/mol. The number of carbonyl (C=O) groups excluding carboxylic acids is 3. The molecule has 0 saturated carbocycles. The van der Waals surface area contributed by atoms with Gasteiger partial charge in [-0.2, -0.15) is 0 Å². The minimum Gasteiger partial charge on any atom is -0.487 e. The number of nitrogens with one attached hydrogen (secondary N) is 1. The van der Waals surface area contributed by atoms with Gasteiger partial charge in [0.05, 0.1) is 19.7 Å². The Kier molecular flexibility index (Phi) is 7.15. The molecule has 0 spiro atoms. The van der Waals surface area contributed by atoms with Crippen LogP contribution < -0.4 is 15.0 Å². The van der Waals surface area contributed by atoms with Crippen molar-refractivity contribution in [3.63, 3.8) is 0 Å². The molecule has 0 bridgehead atoms. The summed E-state index contributed by atoms with van der Waals surface area (Å²) < 4.78 is 7.37. The first kappa shape index (κ1) is 25.2. The molecule has 37 heavy (non-hydrogen) atoms. The Morgan fingerprint density at radius 2 is 1.57 bits per heavy atom. The van der Waals surface area contributed by atoms with Gasteiger partial charge < -0.3 is 4.74 Å². The van der Waals surface area contributed by atoms with Gasteiger partial charge in [0.15, 0.2) is 0 Å². The lowest BCUT2D eigenvalue weighted by Gasteiger charge is -2.27. The third-order valence-electron chi connectivity index (χ3n) is 5.78. The summed E-state index contributed by atoms with van der Waals surface area (Å²) in [6, 6.07) is 23.2. The van der Waals surface area contributed by atoms with Crippen LogP contribution in [0.4, 0.5) is 10.5 Å². The lowest BCUT2D eigenvalue weighted by Crippen LogP contribution is -2.54. The molecule has 0 unspecified atom stereocenters. The molecule has 0 aliphatic carbocycles. The number of anilines is 1. The molecule has 0 radical (unpaired) electrons. The number of halogens is 3. The van der Waals surface area contributed by atoms with E-state index in [1.807, 2.05) is 24.3 Å². The van der Waals surface area contributed by atoms with E-state index in [4.69, 9.17) is 16.3 Å². The van der Waals surface area contributed by atoms with Crippen LogP contribution in [0.2, 0.25) is 5.02 Å². The fourth-order valence-corrected chi connectivity index (χ4v) is 5.72. The van der Waals surface area contributed by atoms with Crippen LogP contribution in [0.3, 0.4) is 0 Å². The molecule has 4 amide bonds. The van der Waals surface area contributed by atoms with Crippen molar-refractivity contribution in [3.8, 4) is 5.75 Å². The highest BCUT2D eigenvalue weighted by Gasteiger charge is 2.37. The predicted octanol–water partition coefficient (Wildman–Crippen LogP) is 7.26. The lowest BCUT2D eigenvalue weighted by atomic mass is 10.1. The second-order valence-corrected chi connectivity index (χ2v) is 10.3. The molecule has 1 aliphatic rings. The monoisotopic (exact) mass is 638 g/mol. The molecule has 184 valence electrons. The van der Waals surface area contributed by atoms with Crippen molar-refractivity contribution >= 4 is 83.8 Å². The Balaban J connectivity index is 1.43. The number of fused-ring (bicyclic) bond motifs is 1. The smallest absolute Gasteiger partial charge is 0.335 e. The van der Waals surface area contributed by atoms with Crippen LogP contribution in [0.15, 0.2) is 93.4 Å². The molecule has 1 fully saturated rings. The van der Waals surface area contributed by atoms with Gasteiger partial charge in [-0.15, -0.1) is 0 Å². The summed E-state index contributed by atoms with van der Waals surface area (Å²) >= 11 is 13.3. The van der Waals surface area contributed by atoms with Crippen molar-refractivity contribution in [2.24, 2.45) is 0 Å². The van der Waals surface area contributed by atoms with Crippen molar-refractivity contribution in [2.45, 2.75) is 6.61 Å². The first-order valence-electron chi connectivity index (χ1n) is 11.1. The molecule has 5 rings (SSSR count). The Hall–Kier alpha value is -3.46. The van der Waals surface area contributed by atoms with E-state index >= 15 is 0 Å². The van der Waals surface area contributed by atoms with Crippen LogP contribution in [-0.4, -0.2) is 17.8 Å². The van der Waals surface area contributed by atoms with Crippen LogP contribution in [0.5, 0.6) is 5.75 Å².